The van der Waals surface area contributed by atoms with Crippen molar-refractivity contribution < 1.29 is 9.32 Å². The Bertz CT molecular complexity index is 933. The third-order valence-corrected chi connectivity index (χ3v) is 7.91. The fraction of sp³-hybridized carbons (Fsp3) is 0.476. The number of hydrogen-bond acceptors (Lipinski definition) is 5. The first kappa shape index (κ1) is 23.1. The molecule has 0 bridgehead atoms. The standard InChI is InChI=1S/C21H28Cl2N4O2S/c1-21(2,30(25)29)12-16(15-10-17(22)18(23)11-19(15)28)13-4-7-27(8-5-13)20-9-14(24)3-6-26-20/h3,6,9-11,13,16,28H,4-5,7-8,12,25H2,1-2H3,(H2,24,26)/t16-,30?/m1/s1. The highest BCUT2D eigenvalue weighted by Crippen LogP contribution is 2.45. The first-order chi connectivity index (χ1) is 14.1. The predicted octanol–water partition coefficient (Wildman–Crippen LogP) is 4.47. The molecule has 1 fully saturated rings. The smallest absolute Gasteiger partial charge is 0.130 e. The van der Waals surface area contributed by atoms with E-state index in [4.69, 9.17) is 34.1 Å². The summed E-state index contributed by atoms with van der Waals surface area (Å²) in [6, 6.07) is 6.85. The number of rotatable bonds is 6. The number of aromatic hydroxyl groups is 1. The summed E-state index contributed by atoms with van der Waals surface area (Å²) in [5.41, 5.74) is 7.31. The molecular formula is C21H28Cl2N4O2S. The fourth-order valence-corrected chi connectivity index (χ4v) is 4.80. The molecule has 1 aliphatic heterocycles. The quantitative estimate of drug-likeness (QED) is 0.577. The summed E-state index contributed by atoms with van der Waals surface area (Å²) in [7, 11) is -1.51. The van der Waals surface area contributed by atoms with Gasteiger partial charge in [0.1, 0.15) is 11.6 Å². The van der Waals surface area contributed by atoms with Crippen molar-refractivity contribution in [1.82, 2.24) is 4.98 Å². The summed E-state index contributed by atoms with van der Waals surface area (Å²) in [5, 5.41) is 17.1. The molecule has 1 aromatic heterocycles. The van der Waals surface area contributed by atoms with Crippen LogP contribution in [0.4, 0.5) is 11.5 Å². The van der Waals surface area contributed by atoms with Gasteiger partial charge in [-0.3, -0.25) is 5.14 Å². The summed E-state index contributed by atoms with van der Waals surface area (Å²) in [6.45, 7) is 5.39. The second-order valence-corrected chi connectivity index (χ2v) is 11.0. The van der Waals surface area contributed by atoms with Gasteiger partial charge in [0.2, 0.25) is 0 Å². The number of aromatic nitrogens is 1. The Kier molecular flexibility index (Phi) is 7.17. The molecule has 2 atom stereocenters. The van der Waals surface area contributed by atoms with E-state index in [1.165, 1.54) is 6.07 Å². The van der Waals surface area contributed by atoms with Gasteiger partial charge in [0.15, 0.2) is 0 Å². The highest BCUT2D eigenvalue weighted by atomic mass is 35.5. The number of benzene rings is 1. The number of hydrogen-bond donors (Lipinski definition) is 3. The van der Waals surface area contributed by atoms with E-state index in [2.05, 4.69) is 9.88 Å². The van der Waals surface area contributed by atoms with Crippen LogP contribution in [0.2, 0.25) is 10.0 Å². The number of phenols is 1. The molecular weight excluding hydrogens is 443 g/mol. The van der Waals surface area contributed by atoms with Crippen LogP contribution >= 0.6 is 23.2 Å². The first-order valence-electron chi connectivity index (χ1n) is 9.89. The van der Waals surface area contributed by atoms with E-state index in [0.717, 1.165) is 37.3 Å². The SMILES string of the molecule is CC(C)(C[C@@H](c1cc(Cl)c(Cl)cc1O)C1CCN(c2cc(N)ccn2)CC1)S(N)=O. The van der Waals surface area contributed by atoms with Gasteiger partial charge in [-0.2, -0.15) is 0 Å². The van der Waals surface area contributed by atoms with Gasteiger partial charge < -0.3 is 15.7 Å². The number of nitrogen functional groups attached to an aromatic ring is 1. The number of nitrogens with two attached hydrogens (primary N) is 2. The lowest BCUT2D eigenvalue weighted by atomic mass is 9.75. The van der Waals surface area contributed by atoms with Crippen LogP contribution in [-0.2, 0) is 11.0 Å². The summed E-state index contributed by atoms with van der Waals surface area (Å²) in [4.78, 5) is 6.64. The van der Waals surface area contributed by atoms with E-state index in [-0.39, 0.29) is 17.6 Å². The molecule has 0 spiro atoms. The molecule has 1 aliphatic rings. The Morgan fingerprint density at radius 3 is 2.50 bits per heavy atom. The number of piperidine rings is 1. The second-order valence-electron chi connectivity index (χ2n) is 8.46. The molecule has 2 aromatic rings. The van der Waals surface area contributed by atoms with Crippen molar-refractivity contribution in [3.05, 3.63) is 46.1 Å². The topological polar surface area (TPSA) is 105 Å². The molecule has 0 saturated carbocycles. The largest absolute Gasteiger partial charge is 0.508 e. The van der Waals surface area contributed by atoms with Crippen LogP contribution in [0.3, 0.4) is 0 Å². The van der Waals surface area contributed by atoms with Gasteiger partial charge in [-0.1, -0.05) is 23.2 Å². The van der Waals surface area contributed by atoms with Crippen LogP contribution in [0.5, 0.6) is 5.75 Å². The molecule has 1 aromatic carbocycles. The number of nitrogens with zero attached hydrogens (tertiary/aromatic N) is 2. The highest BCUT2D eigenvalue weighted by Gasteiger charge is 2.36. The van der Waals surface area contributed by atoms with Gasteiger partial charge in [-0.15, -0.1) is 0 Å². The van der Waals surface area contributed by atoms with Crippen LogP contribution in [0.15, 0.2) is 30.5 Å². The lowest BCUT2D eigenvalue weighted by molar-refractivity contribution is 0.304. The molecule has 30 heavy (non-hydrogen) atoms. The Balaban J connectivity index is 1.86. The third kappa shape index (κ3) is 5.19. The van der Waals surface area contributed by atoms with Crippen molar-refractivity contribution >= 4 is 45.7 Å². The molecule has 0 radical (unpaired) electrons. The van der Waals surface area contributed by atoms with E-state index in [1.54, 1.807) is 18.3 Å². The lowest BCUT2D eigenvalue weighted by Crippen LogP contribution is -2.39. The predicted molar refractivity (Wildman–Crippen MR) is 125 cm³/mol. The molecule has 2 heterocycles. The minimum atomic E-state index is -1.51. The van der Waals surface area contributed by atoms with E-state index in [1.807, 2.05) is 19.9 Å². The Hall–Kier alpha value is -1.54. The Morgan fingerprint density at radius 2 is 1.90 bits per heavy atom. The van der Waals surface area contributed by atoms with Crippen molar-refractivity contribution in [2.75, 3.05) is 23.7 Å². The monoisotopic (exact) mass is 470 g/mol. The molecule has 5 N–H and O–H groups in total. The van der Waals surface area contributed by atoms with E-state index in [0.29, 0.717) is 22.2 Å². The summed E-state index contributed by atoms with van der Waals surface area (Å²) in [6.07, 6.45) is 4.04. The van der Waals surface area contributed by atoms with Crippen molar-refractivity contribution in [2.24, 2.45) is 11.1 Å². The molecule has 0 aliphatic carbocycles. The van der Waals surface area contributed by atoms with Crippen molar-refractivity contribution in [2.45, 2.75) is 43.8 Å². The minimum absolute atomic E-state index is 0.0572. The fourth-order valence-electron chi connectivity index (χ4n) is 4.13. The van der Waals surface area contributed by atoms with Gasteiger partial charge >= 0.3 is 0 Å². The zero-order valence-corrected chi connectivity index (χ0v) is 19.5. The molecule has 9 heteroatoms. The van der Waals surface area contributed by atoms with Crippen LogP contribution in [-0.4, -0.2) is 32.1 Å². The van der Waals surface area contributed by atoms with Gasteiger partial charge in [-0.05, 0) is 62.6 Å². The average Bonchev–Trinajstić information content (AvgIpc) is 2.69. The van der Waals surface area contributed by atoms with Crippen molar-refractivity contribution in [1.29, 1.82) is 0 Å². The average molecular weight is 471 g/mol. The summed E-state index contributed by atoms with van der Waals surface area (Å²) >= 11 is 12.3. The van der Waals surface area contributed by atoms with E-state index < -0.39 is 15.7 Å². The van der Waals surface area contributed by atoms with Crippen molar-refractivity contribution in [3.63, 3.8) is 0 Å². The summed E-state index contributed by atoms with van der Waals surface area (Å²) in [5.74, 6) is 1.17. The minimum Gasteiger partial charge on any atom is -0.508 e. The molecule has 0 amide bonds. The van der Waals surface area contributed by atoms with Gasteiger partial charge in [0, 0.05) is 37.1 Å². The van der Waals surface area contributed by atoms with Gasteiger partial charge in [0.05, 0.1) is 25.8 Å². The van der Waals surface area contributed by atoms with Crippen LogP contribution < -0.4 is 15.8 Å². The Morgan fingerprint density at radius 1 is 1.27 bits per heavy atom. The van der Waals surface area contributed by atoms with Crippen LogP contribution in [0, 0.1) is 5.92 Å². The van der Waals surface area contributed by atoms with Gasteiger partial charge in [0.25, 0.3) is 0 Å². The van der Waals surface area contributed by atoms with Crippen molar-refractivity contribution in [3.8, 4) is 5.75 Å². The maximum absolute atomic E-state index is 12.1. The second kappa shape index (κ2) is 9.30. The number of halogens is 2. The number of anilines is 2. The van der Waals surface area contributed by atoms with Gasteiger partial charge in [-0.25, -0.2) is 9.19 Å². The van der Waals surface area contributed by atoms with Crippen LogP contribution in [0.1, 0.15) is 44.6 Å². The number of pyridine rings is 1. The maximum Gasteiger partial charge on any atom is 0.130 e. The molecule has 6 nitrogen and oxygen atoms in total. The van der Waals surface area contributed by atoms with Crippen LogP contribution in [0.25, 0.3) is 0 Å². The van der Waals surface area contributed by atoms with E-state index in [9.17, 15) is 9.32 Å². The summed E-state index contributed by atoms with van der Waals surface area (Å²) < 4.78 is 11.5. The number of phenolic OH excluding ortho intramolecular Hbond substituents is 1. The molecule has 164 valence electrons. The normalized spacial score (nSPS) is 17.7. The third-order valence-electron chi connectivity index (χ3n) is 5.93. The zero-order chi connectivity index (χ0) is 22.1. The zero-order valence-electron chi connectivity index (χ0n) is 17.1. The first-order valence-corrected chi connectivity index (χ1v) is 11.9. The maximum atomic E-state index is 12.1. The Labute approximate surface area is 190 Å². The highest BCUT2D eigenvalue weighted by molar-refractivity contribution is 7.84. The lowest BCUT2D eigenvalue weighted by Gasteiger charge is -2.39. The van der Waals surface area contributed by atoms with E-state index >= 15 is 0 Å². The molecule has 1 saturated heterocycles. The molecule has 3 rings (SSSR count). The molecule has 1 unspecified atom stereocenters.